The van der Waals surface area contributed by atoms with Gasteiger partial charge in [0, 0.05) is 0 Å². The molecule has 0 radical (unpaired) electrons. The van der Waals surface area contributed by atoms with Gasteiger partial charge in [0.15, 0.2) is 0 Å². The summed E-state index contributed by atoms with van der Waals surface area (Å²) in [4.78, 5) is 12.2. The van der Waals surface area contributed by atoms with Crippen LogP contribution in [0.15, 0.2) is 0 Å². The number of rotatable bonds is 22. The minimum Gasteiger partial charge on any atom is -0.394 e. The van der Waals surface area contributed by atoms with Crippen LogP contribution >= 0.6 is 0 Å². The maximum atomic E-state index is 12.2. The monoisotopic (exact) mass is 445 g/mol. The van der Waals surface area contributed by atoms with Crippen LogP contribution in [0.5, 0.6) is 0 Å². The molecule has 5 N–H and O–H groups in total. The van der Waals surface area contributed by atoms with Crippen LogP contribution in [-0.4, -0.2) is 57.3 Å². The molecule has 0 saturated heterocycles. The van der Waals surface area contributed by atoms with Crippen LogP contribution in [0.1, 0.15) is 123 Å². The Morgan fingerprint density at radius 3 is 1.55 bits per heavy atom. The summed E-state index contributed by atoms with van der Waals surface area (Å²) in [5.74, 6) is -0.593. The van der Waals surface area contributed by atoms with Crippen LogP contribution in [-0.2, 0) is 4.79 Å². The van der Waals surface area contributed by atoms with Gasteiger partial charge in [-0.1, -0.05) is 110 Å². The molecule has 6 nitrogen and oxygen atoms in total. The topological polar surface area (TPSA) is 110 Å². The summed E-state index contributed by atoms with van der Waals surface area (Å²) in [7, 11) is 0. The lowest BCUT2D eigenvalue weighted by Gasteiger charge is -2.27. The minimum absolute atomic E-state index is 0.371. The van der Waals surface area contributed by atoms with Gasteiger partial charge in [-0.05, 0) is 12.8 Å². The van der Waals surface area contributed by atoms with E-state index in [0.717, 1.165) is 38.5 Å². The van der Waals surface area contributed by atoms with Gasteiger partial charge in [0.05, 0.1) is 18.8 Å². The van der Waals surface area contributed by atoms with E-state index in [2.05, 4.69) is 19.2 Å². The average Bonchev–Trinajstić information content (AvgIpc) is 2.77. The Morgan fingerprint density at radius 1 is 0.677 bits per heavy atom. The van der Waals surface area contributed by atoms with E-state index in [4.69, 9.17) is 0 Å². The number of aliphatic hydroxyl groups excluding tert-OH is 4. The van der Waals surface area contributed by atoms with Crippen molar-refractivity contribution in [1.82, 2.24) is 5.32 Å². The molecule has 0 aromatic heterocycles. The van der Waals surface area contributed by atoms with E-state index in [1.54, 1.807) is 0 Å². The smallest absolute Gasteiger partial charge is 0.249 e. The SMILES string of the molecule is CCCCCCCCCCCC(O)C(=O)NC(CO)C(O)C(O)CCCCCCCC. The van der Waals surface area contributed by atoms with Gasteiger partial charge < -0.3 is 25.7 Å². The summed E-state index contributed by atoms with van der Waals surface area (Å²) < 4.78 is 0. The molecule has 0 heterocycles. The number of carbonyl (C=O) groups excluding carboxylic acids is 1. The van der Waals surface area contributed by atoms with E-state index in [0.29, 0.717) is 12.8 Å². The van der Waals surface area contributed by atoms with Crippen molar-refractivity contribution in [3.63, 3.8) is 0 Å². The second kappa shape index (κ2) is 21.2. The lowest BCUT2D eigenvalue weighted by molar-refractivity contribution is -0.132. The quantitative estimate of drug-likeness (QED) is 0.160. The van der Waals surface area contributed by atoms with Gasteiger partial charge in [-0.2, -0.15) is 0 Å². The van der Waals surface area contributed by atoms with Gasteiger partial charge >= 0.3 is 0 Å². The van der Waals surface area contributed by atoms with Crippen LogP contribution in [0.3, 0.4) is 0 Å². The van der Waals surface area contributed by atoms with Gasteiger partial charge in [-0.3, -0.25) is 4.79 Å². The van der Waals surface area contributed by atoms with Gasteiger partial charge in [0.25, 0.3) is 0 Å². The van der Waals surface area contributed by atoms with Crippen LogP contribution in [0.2, 0.25) is 0 Å². The van der Waals surface area contributed by atoms with Gasteiger partial charge in [-0.15, -0.1) is 0 Å². The molecule has 4 unspecified atom stereocenters. The lowest BCUT2D eigenvalue weighted by atomic mass is 9.99. The van der Waals surface area contributed by atoms with Gasteiger partial charge in [0.1, 0.15) is 12.2 Å². The zero-order valence-corrected chi connectivity index (χ0v) is 20.2. The number of hydrogen-bond donors (Lipinski definition) is 5. The van der Waals surface area contributed by atoms with E-state index in [9.17, 15) is 25.2 Å². The Balaban J connectivity index is 4.00. The van der Waals surface area contributed by atoms with Crippen LogP contribution in [0, 0.1) is 0 Å². The highest BCUT2D eigenvalue weighted by Crippen LogP contribution is 2.14. The highest BCUT2D eigenvalue weighted by atomic mass is 16.3. The molecule has 0 saturated carbocycles. The molecule has 0 aliphatic carbocycles. The molecular weight excluding hydrogens is 394 g/mol. The Kier molecular flexibility index (Phi) is 20.7. The van der Waals surface area contributed by atoms with Crippen LogP contribution in [0.4, 0.5) is 0 Å². The fourth-order valence-electron chi connectivity index (χ4n) is 3.87. The van der Waals surface area contributed by atoms with E-state index in [1.807, 2.05) is 0 Å². The minimum atomic E-state index is -1.25. The maximum Gasteiger partial charge on any atom is 0.249 e. The zero-order chi connectivity index (χ0) is 23.3. The predicted octanol–water partition coefficient (Wildman–Crippen LogP) is 4.22. The first-order valence-electron chi connectivity index (χ1n) is 12.9. The number of unbranched alkanes of at least 4 members (excludes halogenated alkanes) is 13. The zero-order valence-electron chi connectivity index (χ0n) is 20.2. The van der Waals surface area contributed by atoms with Crippen molar-refractivity contribution in [2.75, 3.05) is 6.61 Å². The van der Waals surface area contributed by atoms with Crippen molar-refractivity contribution < 1.29 is 25.2 Å². The molecule has 0 bridgehead atoms. The molecular formula is C25H51NO5. The summed E-state index contributed by atoms with van der Waals surface area (Å²) in [6, 6.07) is -0.972. The predicted molar refractivity (Wildman–Crippen MR) is 127 cm³/mol. The Labute approximate surface area is 190 Å². The second-order valence-electron chi connectivity index (χ2n) is 9.04. The first kappa shape index (κ1) is 30.3. The molecule has 0 aliphatic heterocycles. The molecule has 0 aromatic carbocycles. The number of aliphatic hydroxyl groups is 4. The summed E-state index contributed by atoms with van der Waals surface area (Å²) >= 11 is 0. The Morgan fingerprint density at radius 2 is 1.10 bits per heavy atom. The van der Waals surface area contributed by atoms with E-state index < -0.39 is 36.9 Å². The fourth-order valence-corrected chi connectivity index (χ4v) is 3.87. The van der Waals surface area contributed by atoms with E-state index in [1.165, 1.54) is 57.8 Å². The van der Waals surface area contributed by atoms with Crippen LogP contribution < -0.4 is 5.32 Å². The molecule has 6 heteroatoms. The normalized spacial score (nSPS) is 15.4. The molecule has 0 rings (SSSR count). The van der Waals surface area contributed by atoms with Crippen molar-refractivity contribution in [3.8, 4) is 0 Å². The third-order valence-corrected chi connectivity index (χ3v) is 6.07. The second-order valence-corrected chi connectivity index (χ2v) is 9.04. The molecule has 186 valence electrons. The number of carbonyl (C=O) groups is 1. The largest absolute Gasteiger partial charge is 0.394 e. The van der Waals surface area contributed by atoms with Crippen LogP contribution in [0.25, 0.3) is 0 Å². The Bertz CT molecular complexity index is 407. The first-order chi connectivity index (χ1) is 15.0. The highest BCUT2D eigenvalue weighted by molar-refractivity contribution is 5.80. The summed E-state index contributed by atoms with van der Waals surface area (Å²) in [6.45, 7) is 3.89. The molecule has 0 aromatic rings. The first-order valence-corrected chi connectivity index (χ1v) is 12.9. The van der Waals surface area contributed by atoms with E-state index >= 15 is 0 Å². The molecule has 31 heavy (non-hydrogen) atoms. The average molecular weight is 446 g/mol. The third kappa shape index (κ3) is 16.6. The summed E-state index contributed by atoms with van der Waals surface area (Å²) in [5.41, 5.74) is 0. The van der Waals surface area contributed by atoms with Crippen molar-refractivity contribution in [1.29, 1.82) is 0 Å². The molecule has 0 aliphatic rings. The number of amides is 1. The number of hydrogen-bond acceptors (Lipinski definition) is 5. The number of nitrogens with one attached hydrogen (secondary N) is 1. The Hall–Kier alpha value is -0.690. The summed E-state index contributed by atoms with van der Waals surface area (Å²) in [6.07, 6.45) is 14.4. The van der Waals surface area contributed by atoms with Gasteiger partial charge in [-0.25, -0.2) is 0 Å². The molecule has 1 amide bonds. The summed E-state index contributed by atoms with van der Waals surface area (Å²) in [5, 5.41) is 42.6. The van der Waals surface area contributed by atoms with Gasteiger partial charge in [0.2, 0.25) is 5.91 Å². The van der Waals surface area contributed by atoms with Crippen molar-refractivity contribution in [3.05, 3.63) is 0 Å². The van der Waals surface area contributed by atoms with E-state index in [-0.39, 0.29) is 0 Å². The lowest BCUT2D eigenvalue weighted by Crippen LogP contribution is -2.53. The van der Waals surface area contributed by atoms with Crippen molar-refractivity contribution in [2.24, 2.45) is 0 Å². The maximum absolute atomic E-state index is 12.2. The molecule has 4 atom stereocenters. The third-order valence-electron chi connectivity index (χ3n) is 6.07. The van der Waals surface area contributed by atoms with Crippen molar-refractivity contribution >= 4 is 5.91 Å². The fraction of sp³-hybridized carbons (Fsp3) is 0.960. The molecule has 0 spiro atoms. The van der Waals surface area contributed by atoms with Crippen molar-refractivity contribution in [2.45, 2.75) is 147 Å². The highest BCUT2D eigenvalue weighted by Gasteiger charge is 2.28. The standard InChI is InChI=1S/C25H51NO5/c1-3-5-7-9-11-12-13-15-17-19-23(29)25(31)26-21(20-27)24(30)22(28)18-16-14-10-8-6-4-2/h21-24,27-30H,3-20H2,1-2H3,(H,26,31). The molecule has 0 fully saturated rings.